The van der Waals surface area contributed by atoms with Gasteiger partial charge in [-0.05, 0) is 32.1 Å². The van der Waals surface area contributed by atoms with Crippen LogP contribution in [0.2, 0.25) is 0 Å². The number of hydrogen-bond donors (Lipinski definition) is 2. The Hall–Kier alpha value is -1.10. The lowest BCUT2D eigenvalue weighted by Crippen LogP contribution is -2.55. The molecule has 1 amide bonds. The first-order chi connectivity index (χ1) is 8.58. The summed E-state index contributed by atoms with van der Waals surface area (Å²) >= 11 is 0. The molecular formula is C13H21NO4. The maximum atomic E-state index is 12.2. The monoisotopic (exact) mass is 255 g/mol. The molecule has 0 aromatic heterocycles. The van der Waals surface area contributed by atoms with Crippen molar-refractivity contribution in [3.8, 4) is 0 Å². The summed E-state index contributed by atoms with van der Waals surface area (Å²) < 4.78 is 5.32. The van der Waals surface area contributed by atoms with E-state index in [-0.39, 0.29) is 17.4 Å². The van der Waals surface area contributed by atoms with Gasteiger partial charge in [-0.1, -0.05) is 6.92 Å². The lowest BCUT2D eigenvalue weighted by molar-refractivity contribution is -0.153. The number of nitrogens with one attached hydrogen (secondary N) is 1. The summed E-state index contributed by atoms with van der Waals surface area (Å²) in [5.41, 5.74) is -0.187. The molecule has 0 aromatic rings. The number of carbonyl (C=O) groups excluding carboxylic acids is 1. The van der Waals surface area contributed by atoms with Crippen molar-refractivity contribution in [3.63, 3.8) is 0 Å². The number of aliphatic carboxylic acids is 1. The molecule has 102 valence electrons. The lowest BCUT2D eigenvalue weighted by Gasteiger charge is -2.40. The highest BCUT2D eigenvalue weighted by atomic mass is 16.5. The summed E-state index contributed by atoms with van der Waals surface area (Å²) in [6.07, 6.45) is 3.82. The van der Waals surface area contributed by atoms with Crippen molar-refractivity contribution in [2.24, 2.45) is 11.8 Å². The first-order valence-electron chi connectivity index (χ1n) is 6.70. The van der Waals surface area contributed by atoms with Gasteiger partial charge in [0.25, 0.3) is 0 Å². The Bertz CT molecular complexity index is 336. The molecule has 0 spiro atoms. The zero-order valence-electron chi connectivity index (χ0n) is 10.8. The van der Waals surface area contributed by atoms with E-state index in [1.807, 2.05) is 0 Å². The van der Waals surface area contributed by atoms with Crippen molar-refractivity contribution < 1.29 is 19.4 Å². The average Bonchev–Trinajstić information content (AvgIpc) is 2.27. The van der Waals surface area contributed by atoms with E-state index in [1.54, 1.807) is 0 Å². The minimum Gasteiger partial charge on any atom is -0.481 e. The van der Waals surface area contributed by atoms with Crippen LogP contribution in [0.15, 0.2) is 0 Å². The molecule has 2 aliphatic rings. The van der Waals surface area contributed by atoms with E-state index in [0.29, 0.717) is 26.1 Å². The third kappa shape index (κ3) is 2.51. The molecule has 2 atom stereocenters. The van der Waals surface area contributed by atoms with Crippen molar-refractivity contribution in [1.82, 2.24) is 5.32 Å². The molecule has 0 aromatic carbocycles. The van der Waals surface area contributed by atoms with Crippen LogP contribution < -0.4 is 5.32 Å². The molecule has 5 heteroatoms. The van der Waals surface area contributed by atoms with Gasteiger partial charge in [0.2, 0.25) is 5.91 Å². The van der Waals surface area contributed by atoms with Gasteiger partial charge in [0.05, 0.1) is 11.8 Å². The van der Waals surface area contributed by atoms with E-state index >= 15 is 0 Å². The molecule has 18 heavy (non-hydrogen) atoms. The number of amides is 1. The third-order valence-electron chi connectivity index (χ3n) is 4.44. The van der Waals surface area contributed by atoms with E-state index in [4.69, 9.17) is 9.84 Å². The molecule has 2 N–H and O–H groups in total. The first kappa shape index (κ1) is 13.3. The number of rotatable bonds is 4. The number of carboxylic acid groups (broad SMARTS) is 1. The Kier molecular flexibility index (Phi) is 3.90. The molecular weight excluding hydrogens is 234 g/mol. The Morgan fingerprint density at radius 3 is 2.33 bits per heavy atom. The molecule has 1 saturated carbocycles. The fraction of sp³-hybridized carbons (Fsp3) is 0.846. The SMILES string of the molecule is CCC1(NC(=O)C2CCC2C(=O)O)CCOCC1. The second-order valence-corrected chi connectivity index (χ2v) is 5.36. The highest BCUT2D eigenvalue weighted by Crippen LogP contribution is 2.36. The largest absolute Gasteiger partial charge is 0.481 e. The molecule has 0 bridgehead atoms. The molecule has 1 saturated heterocycles. The van der Waals surface area contributed by atoms with E-state index < -0.39 is 11.9 Å². The predicted octanol–water partition coefficient (Wildman–Crippen LogP) is 1.17. The quantitative estimate of drug-likeness (QED) is 0.790. The van der Waals surface area contributed by atoms with Gasteiger partial charge >= 0.3 is 5.97 Å². The maximum Gasteiger partial charge on any atom is 0.307 e. The summed E-state index contributed by atoms with van der Waals surface area (Å²) in [6, 6.07) is 0. The molecule has 2 fully saturated rings. The highest BCUT2D eigenvalue weighted by molar-refractivity contribution is 5.86. The van der Waals surface area contributed by atoms with Crippen LogP contribution >= 0.6 is 0 Å². The van der Waals surface area contributed by atoms with E-state index in [2.05, 4.69) is 12.2 Å². The summed E-state index contributed by atoms with van der Waals surface area (Å²) in [6.45, 7) is 3.39. The Morgan fingerprint density at radius 2 is 1.89 bits per heavy atom. The third-order valence-corrected chi connectivity index (χ3v) is 4.44. The second-order valence-electron chi connectivity index (χ2n) is 5.36. The van der Waals surface area contributed by atoms with Gasteiger partial charge < -0.3 is 15.2 Å². The van der Waals surface area contributed by atoms with Crippen LogP contribution in [0, 0.1) is 11.8 Å². The van der Waals surface area contributed by atoms with Crippen LogP contribution in [0.5, 0.6) is 0 Å². The molecule has 2 rings (SSSR count). The topological polar surface area (TPSA) is 75.6 Å². The van der Waals surface area contributed by atoms with Crippen LogP contribution in [0.25, 0.3) is 0 Å². The summed E-state index contributed by atoms with van der Waals surface area (Å²) in [5, 5.41) is 12.1. The van der Waals surface area contributed by atoms with Crippen LogP contribution in [0.3, 0.4) is 0 Å². The zero-order valence-corrected chi connectivity index (χ0v) is 10.8. The van der Waals surface area contributed by atoms with E-state index in [1.165, 1.54) is 0 Å². The molecule has 1 aliphatic carbocycles. The fourth-order valence-electron chi connectivity index (χ4n) is 2.79. The number of carbonyl (C=O) groups is 2. The van der Waals surface area contributed by atoms with Crippen molar-refractivity contribution in [2.75, 3.05) is 13.2 Å². The first-order valence-corrected chi connectivity index (χ1v) is 6.70. The van der Waals surface area contributed by atoms with Crippen molar-refractivity contribution in [2.45, 2.75) is 44.6 Å². The van der Waals surface area contributed by atoms with Crippen molar-refractivity contribution in [3.05, 3.63) is 0 Å². The summed E-state index contributed by atoms with van der Waals surface area (Å²) in [7, 11) is 0. The second kappa shape index (κ2) is 5.26. The molecule has 2 unspecified atom stereocenters. The standard InChI is InChI=1S/C13H21NO4/c1-2-13(5-7-18-8-6-13)14-11(15)9-3-4-10(9)12(16)17/h9-10H,2-8H2,1H3,(H,14,15)(H,16,17). The Balaban J connectivity index is 1.95. The van der Waals surface area contributed by atoms with Crippen LogP contribution in [0.1, 0.15) is 39.0 Å². The van der Waals surface area contributed by atoms with E-state index in [9.17, 15) is 9.59 Å². The average molecular weight is 255 g/mol. The van der Waals surface area contributed by atoms with Crippen molar-refractivity contribution in [1.29, 1.82) is 0 Å². The van der Waals surface area contributed by atoms with Gasteiger partial charge in [-0.3, -0.25) is 9.59 Å². The van der Waals surface area contributed by atoms with Crippen LogP contribution in [0.4, 0.5) is 0 Å². The van der Waals surface area contributed by atoms with Crippen LogP contribution in [-0.2, 0) is 14.3 Å². The summed E-state index contributed by atoms with van der Waals surface area (Å²) in [5.74, 6) is -1.76. The minimum atomic E-state index is -0.848. The maximum absolute atomic E-state index is 12.2. The van der Waals surface area contributed by atoms with Gasteiger partial charge in [0.15, 0.2) is 0 Å². The lowest BCUT2D eigenvalue weighted by atomic mass is 9.72. The highest BCUT2D eigenvalue weighted by Gasteiger charge is 2.43. The smallest absolute Gasteiger partial charge is 0.307 e. The van der Waals surface area contributed by atoms with Gasteiger partial charge in [-0.2, -0.15) is 0 Å². The molecule has 0 radical (unpaired) electrons. The van der Waals surface area contributed by atoms with Gasteiger partial charge in [-0.25, -0.2) is 0 Å². The predicted molar refractivity (Wildman–Crippen MR) is 65.1 cm³/mol. The van der Waals surface area contributed by atoms with Gasteiger partial charge in [0.1, 0.15) is 0 Å². The molecule has 1 aliphatic heterocycles. The van der Waals surface area contributed by atoms with Crippen LogP contribution in [-0.4, -0.2) is 35.7 Å². The number of ether oxygens (including phenoxy) is 1. The zero-order chi connectivity index (χ0) is 13.2. The minimum absolute atomic E-state index is 0.0857. The molecule has 5 nitrogen and oxygen atoms in total. The number of hydrogen-bond acceptors (Lipinski definition) is 3. The summed E-state index contributed by atoms with van der Waals surface area (Å²) in [4.78, 5) is 23.1. The Labute approximate surface area is 107 Å². The van der Waals surface area contributed by atoms with Crippen molar-refractivity contribution >= 4 is 11.9 Å². The normalized spacial score (nSPS) is 30.3. The molecule has 1 heterocycles. The van der Waals surface area contributed by atoms with E-state index in [0.717, 1.165) is 19.3 Å². The fourth-order valence-corrected chi connectivity index (χ4v) is 2.79. The number of carboxylic acids is 1. The van der Waals surface area contributed by atoms with Gasteiger partial charge in [-0.15, -0.1) is 0 Å². The van der Waals surface area contributed by atoms with Gasteiger partial charge in [0, 0.05) is 18.8 Å². The Morgan fingerprint density at radius 1 is 1.28 bits per heavy atom.